The van der Waals surface area contributed by atoms with Crippen molar-refractivity contribution in [3.63, 3.8) is 0 Å². The molecule has 1 saturated heterocycles. The third-order valence-electron chi connectivity index (χ3n) is 9.54. The smallest absolute Gasteiger partial charge is 0.408 e. The van der Waals surface area contributed by atoms with Crippen molar-refractivity contribution < 1.29 is 18.8 Å². The van der Waals surface area contributed by atoms with Crippen molar-refractivity contribution in [2.75, 3.05) is 37.8 Å². The zero-order valence-electron chi connectivity index (χ0n) is 27.3. The topological polar surface area (TPSA) is 86.9 Å². The van der Waals surface area contributed by atoms with E-state index in [1.165, 1.54) is 16.8 Å². The molecule has 236 valence electrons. The van der Waals surface area contributed by atoms with Gasteiger partial charge in [0.05, 0.1) is 18.8 Å². The van der Waals surface area contributed by atoms with Crippen LogP contribution in [0.1, 0.15) is 83.2 Å². The molecule has 0 N–H and O–H groups in total. The van der Waals surface area contributed by atoms with Gasteiger partial charge in [-0.25, -0.2) is 0 Å². The summed E-state index contributed by atoms with van der Waals surface area (Å²) in [6.07, 6.45) is 9.56. The Hall–Kier alpha value is -3.15. The highest BCUT2D eigenvalue weighted by Gasteiger charge is 2.36. The number of carbonyl (C=O) groups is 1. The Morgan fingerprint density at radius 1 is 1.16 bits per heavy atom. The molecule has 5 heterocycles. The molecule has 3 aliphatic rings. The summed E-state index contributed by atoms with van der Waals surface area (Å²) in [5, 5.41) is 9.86. The minimum absolute atomic E-state index is 0.109. The normalized spacial score (nSPS) is 17.5. The van der Waals surface area contributed by atoms with Gasteiger partial charge in [-0.2, -0.15) is 10.2 Å². The van der Waals surface area contributed by atoms with Crippen LogP contribution in [0.3, 0.4) is 0 Å². The van der Waals surface area contributed by atoms with E-state index in [-0.39, 0.29) is 11.5 Å². The first-order valence-electron chi connectivity index (χ1n) is 16.3. The number of anilines is 2. The summed E-state index contributed by atoms with van der Waals surface area (Å²) >= 11 is 0. The molecule has 0 spiro atoms. The lowest BCUT2D eigenvalue weighted by atomic mass is 9.72. The lowest BCUT2D eigenvalue weighted by molar-refractivity contribution is -0.129. The Morgan fingerprint density at radius 2 is 1.95 bits per heavy atom. The van der Waals surface area contributed by atoms with Crippen LogP contribution in [0.5, 0.6) is 0 Å². The van der Waals surface area contributed by atoms with Gasteiger partial charge < -0.3 is 23.8 Å². The van der Waals surface area contributed by atoms with Crippen LogP contribution < -0.4 is 10.4 Å². The van der Waals surface area contributed by atoms with Gasteiger partial charge in [0.15, 0.2) is 5.82 Å². The zero-order valence-corrected chi connectivity index (χ0v) is 27.3. The van der Waals surface area contributed by atoms with Crippen LogP contribution >= 0.6 is 0 Å². The Morgan fingerprint density at radius 3 is 2.64 bits per heavy atom. The Kier molecular flexibility index (Phi) is 8.90. The standard InChI is InChI=1S/C33H47BN6O4/c1-7-33(4,5)44-34(43-8-2)29-19-31-24(18-27(29)25-20-35-37(6)21-25)10-9-14-39(31)32-28-22-38(23(3)41)15-11-30(28)40(36-32)26-12-16-42-17-13-26/h18-21,26H,7-17,22H2,1-6H3. The average molecular weight is 603 g/mol. The number of aromatic nitrogens is 4. The second kappa shape index (κ2) is 12.7. The van der Waals surface area contributed by atoms with E-state index in [1.807, 2.05) is 29.7 Å². The molecule has 6 rings (SSSR count). The van der Waals surface area contributed by atoms with Gasteiger partial charge in [-0.3, -0.25) is 14.2 Å². The second-order valence-corrected chi connectivity index (χ2v) is 13.0. The Labute approximate surface area is 261 Å². The van der Waals surface area contributed by atoms with Crippen molar-refractivity contribution in [3.8, 4) is 11.1 Å². The number of carbonyl (C=O) groups excluding carboxylic acids is 1. The molecule has 10 nitrogen and oxygen atoms in total. The molecule has 0 atom stereocenters. The SMILES string of the molecule is CCOB(OC(C)(C)CC)c1cc2c(cc1-c1cnn(C)c1)CCCN2c1nn(C2CCOCC2)c2c1CN(C(C)=O)CC2. The van der Waals surface area contributed by atoms with Crippen LogP contribution in [0.25, 0.3) is 11.1 Å². The van der Waals surface area contributed by atoms with E-state index in [2.05, 4.69) is 53.8 Å². The van der Waals surface area contributed by atoms with Crippen molar-refractivity contribution in [2.45, 2.75) is 91.3 Å². The molecular formula is C33H47BN6O4. The van der Waals surface area contributed by atoms with E-state index in [0.29, 0.717) is 19.2 Å². The third kappa shape index (κ3) is 6.06. The van der Waals surface area contributed by atoms with Gasteiger partial charge in [-0.15, -0.1) is 0 Å². The molecule has 44 heavy (non-hydrogen) atoms. The lowest BCUT2D eigenvalue weighted by Gasteiger charge is -2.34. The first-order chi connectivity index (χ1) is 21.2. The number of amides is 1. The maximum absolute atomic E-state index is 12.5. The van der Waals surface area contributed by atoms with Gasteiger partial charge >= 0.3 is 7.12 Å². The van der Waals surface area contributed by atoms with E-state index in [0.717, 1.165) is 92.9 Å². The molecular weight excluding hydrogens is 555 g/mol. The van der Waals surface area contributed by atoms with Gasteiger partial charge in [0.1, 0.15) is 0 Å². The van der Waals surface area contributed by atoms with E-state index in [9.17, 15) is 4.79 Å². The Balaban J connectivity index is 1.49. The van der Waals surface area contributed by atoms with E-state index < -0.39 is 7.12 Å². The van der Waals surface area contributed by atoms with E-state index in [1.54, 1.807) is 6.92 Å². The second-order valence-electron chi connectivity index (χ2n) is 13.0. The highest BCUT2D eigenvalue weighted by atomic mass is 16.6. The largest absolute Gasteiger partial charge is 0.494 e. The molecule has 0 bridgehead atoms. The summed E-state index contributed by atoms with van der Waals surface area (Å²) in [7, 11) is 1.41. The van der Waals surface area contributed by atoms with Gasteiger partial charge in [0, 0.05) is 87.6 Å². The minimum atomic E-state index is -0.541. The van der Waals surface area contributed by atoms with Crippen LogP contribution in [0.15, 0.2) is 24.5 Å². The summed E-state index contributed by atoms with van der Waals surface area (Å²) in [5.74, 6) is 1.08. The number of fused-ring (bicyclic) bond motifs is 2. The van der Waals surface area contributed by atoms with Gasteiger partial charge in [0.2, 0.25) is 5.91 Å². The number of benzene rings is 1. The molecule has 0 aliphatic carbocycles. The molecule has 1 aromatic carbocycles. The fourth-order valence-electron chi connectivity index (χ4n) is 6.73. The summed E-state index contributed by atoms with van der Waals surface area (Å²) in [4.78, 5) is 16.9. The number of hydrogen-bond acceptors (Lipinski definition) is 7. The maximum atomic E-state index is 12.5. The van der Waals surface area contributed by atoms with Crippen LogP contribution in [-0.2, 0) is 45.3 Å². The Bertz CT molecular complexity index is 1490. The number of nitrogens with zero attached hydrogens (tertiary/aromatic N) is 6. The predicted octanol–water partition coefficient (Wildman–Crippen LogP) is 4.56. The van der Waals surface area contributed by atoms with Crippen LogP contribution in [0.4, 0.5) is 11.5 Å². The van der Waals surface area contributed by atoms with E-state index >= 15 is 0 Å². The van der Waals surface area contributed by atoms with Crippen molar-refractivity contribution in [3.05, 3.63) is 41.3 Å². The molecule has 1 fully saturated rings. The fraction of sp³-hybridized carbons (Fsp3) is 0.606. The average Bonchev–Trinajstić information content (AvgIpc) is 3.63. The summed E-state index contributed by atoms with van der Waals surface area (Å²) < 4.78 is 22.8. The molecule has 1 amide bonds. The molecule has 0 radical (unpaired) electrons. The third-order valence-corrected chi connectivity index (χ3v) is 9.54. The molecule has 11 heteroatoms. The molecule has 3 aliphatic heterocycles. The molecule has 2 aromatic heterocycles. The molecule has 0 unspecified atom stereocenters. The highest BCUT2D eigenvalue weighted by Crippen LogP contribution is 2.40. The van der Waals surface area contributed by atoms with Crippen LogP contribution in [-0.4, -0.2) is 76.0 Å². The van der Waals surface area contributed by atoms with Gasteiger partial charge in [-0.05, 0) is 81.6 Å². The number of aryl methyl sites for hydroxylation is 2. The van der Waals surface area contributed by atoms with E-state index in [4.69, 9.17) is 19.1 Å². The van der Waals surface area contributed by atoms with Crippen molar-refractivity contribution in [2.24, 2.45) is 7.05 Å². The molecule has 0 saturated carbocycles. The lowest BCUT2D eigenvalue weighted by Crippen LogP contribution is -2.45. The van der Waals surface area contributed by atoms with Gasteiger partial charge in [0.25, 0.3) is 0 Å². The zero-order chi connectivity index (χ0) is 31.0. The van der Waals surface area contributed by atoms with Crippen LogP contribution in [0, 0.1) is 0 Å². The first-order valence-corrected chi connectivity index (χ1v) is 16.3. The summed E-state index contributed by atoms with van der Waals surface area (Å²) in [6, 6.07) is 4.90. The fourth-order valence-corrected chi connectivity index (χ4v) is 6.73. The number of hydrogen-bond donors (Lipinski definition) is 0. The van der Waals surface area contributed by atoms with Crippen molar-refractivity contribution in [1.82, 2.24) is 24.5 Å². The predicted molar refractivity (Wildman–Crippen MR) is 173 cm³/mol. The quantitative estimate of drug-likeness (QED) is 0.332. The van der Waals surface area contributed by atoms with Crippen molar-refractivity contribution >= 4 is 30.0 Å². The highest BCUT2D eigenvalue weighted by molar-refractivity contribution is 6.63. The van der Waals surface area contributed by atoms with Crippen molar-refractivity contribution in [1.29, 1.82) is 0 Å². The summed E-state index contributed by atoms with van der Waals surface area (Å²) in [6.45, 7) is 14.3. The number of rotatable bonds is 9. The maximum Gasteiger partial charge on any atom is 0.494 e. The van der Waals surface area contributed by atoms with Crippen LogP contribution in [0.2, 0.25) is 0 Å². The monoisotopic (exact) mass is 602 g/mol. The van der Waals surface area contributed by atoms with Gasteiger partial charge in [-0.1, -0.05) is 6.92 Å². The first kappa shape index (κ1) is 30.9. The number of ether oxygens (including phenoxy) is 1. The summed E-state index contributed by atoms with van der Waals surface area (Å²) in [5.41, 5.74) is 7.62. The molecule has 3 aromatic rings. The minimum Gasteiger partial charge on any atom is -0.408 e.